The fourth-order valence-corrected chi connectivity index (χ4v) is 1.12. The predicted molar refractivity (Wildman–Crippen MR) is 43.0 cm³/mol. The molecule has 55 valence electrons. The second-order valence-corrected chi connectivity index (χ2v) is 2.39. The largest absolute Gasteiger partial charge is 0.279 e. The molecule has 2 rings (SSSR count). The highest BCUT2D eigenvalue weighted by molar-refractivity contribution is 7.79. The molecule has 2 heterocycles. The average Bonchev–Trinajstić information content (AvgIpc) is 2.47. The molecule has 0 spiro atoms. The molecule has 0 aliphatic heterocycles. The van der Waals surface area contributed by atoms with E-state index in [9.17, 15) is 0 Å². The van der Waals surface area contributed by atoms with Crippen LogP contribution in [-0.4, -0.2) is 20.2 Å². The molecular formula is C6H5N4S. The van der Waals surface area contributed by atoms with E-state index in [2.05, 4.69) is 20.2 Å². The number of aromatic amines is 1. The van der Waals surface area contributed by atoms with Gasteiger partial charge in [-0.05, 0) is 0 Å². The highest BCUT2D eigenvalue weighted by atomic mass is 32.1. The van der Waals surface area contributed by atoms with Gasteiger partial charge in [-0.1, -0.05) is 12.6 Å². The van der Waals surface area contributed by atoms with Gasteiger partial charge in [0, 0.05) is 5.75 Å². The van der Waals surface area contributed by atoms with Crippen LogP contribution in [-0.2, 0) is 5.75 Å². The summed E-state index contributed by atoms with van der Waals surface area (Å²) in [5.74, 6) is 0.507. The first-order valence-electron chi connectivity index (χ1n) is 3.13. The van der Waals surface area contributed by atoms with Crippen molar-refractivity contribution in [1.29, 1.82) is 0 Å². The third kappa shape index (κ3) is 0.970. The van der Waals surface area contributed by atoms with E-state index in [-0.39, 0.29) is 0 Å². The van der Waals surface area contributed by atoms with Crippen LogP contribution < -0.4 is 0 Å². The Hall–Kier alpha value is -1.10. The van der Waals surface area contributed by atoms with E-state index in [1.807, 2.05) is 0 Å². The number of rotatable bonds is 1. The van der Waals surface area contributed by atoms with Crippen LogP contribution in [0.2, 0.25) is 0 Å². The van der Waals surface area contributed by atoms with E-state index in [0.717, 1.165) is 16.7 Å². The highest BCUT2D eigenvalue weighted by Crippen LogP contribution is 2.11. The van der Waals surface area contributed by atoms with E-state index in [1.54, 1.807) is 6.20 Å². The van der Waals surface area contributed by atoms with Gasteiger partial charge < -0.3 is 0 Å². The number of fused-ring (bicyclic) bond motifs is 1. The molecule has 0 saturated carbocycles. The van der Waals surface area contributed by atoms with E-state index in [1.165, 1.54) is 6.33 Å². The molecule has 11 heavy (non-hydrogen) atoms. The smallest absolute Gasteiger partial charge is 0.129 e. The van der Waals surface area contributed by atoms with Gasteiger partial charge in [-0.25, -0.2) is 9.97 Å². The lowest BCUT2D eigenvalue weighted by molar-refractivity contribution is 1.06. The Morgan fingerprint density at radius 2 is 2.45 bits per heavy atom. The van der Waals surface area contributed by atoms with Crippen molar-refractivity contribution in [3.63, 3.8) is 0 Å². The summed E-state index contributed by atoms with van der Waals surface area (Å²) >= 11 is 4.87. The third-order valence-electron chi connectivity index (χ3n) is 1.43. The van der Waals surface area contributed by atoms with Crippen LogP contribution in [0.15, 0.2) is 12.5 Å². The van der Waals surface area contributed by atoms with Gasteiger partial charge in [0.2, 0.25) is 0 Å². The van der Waals surface area contributed by atoms with Crippen molar-refractivity contribution in [3.05, 3.63) is 18.2 Å². The number of H-pyrrole nitrogens is 1. The first-order valence-corrected chi connectivity index (χ1v) is 3.70. The fourth-order valence-electron chi connectivity index (χ4n) is 0.918. The first-order chi connectivity index (χ1) is 5.42. The van der Waals surface area contributed by atoms with Gasteiger partial charge in [-0.3, -0.25) is 5.10 Å². The number of hydrogen-bond donors (Lipinski definition) is 1. The Balaban J connectivity index is 2.76. The van der Waals surface area contributed by atoms with E-state index < -0.39 is 0 Å². The Morgan fingerprint density at radius 1 is 1.55 bits per heavy atom. The standard InChI is InChI=1S/C6H5N4S/c11-2-5-6-4(9-10-5)1-7-3-8-6/h1,3H,2H2,(H,9,10). The zero-order valence-corrected chi connectivity index (χ0v) is 6.43. The molecule has 5 heteroatoms. The maximum atomic E-state index is 4.87. The number of aromatic nitrogens is 4. The first kappa shape index (κ1) is 6.60. The molecule has 0 saturated heterocycles. The summed E-state index contributed by atoms with van der Waals surface area (Å²) in [7, 11) is 0. The van der Waals surface area contributed by atoms with Gasteiger partial charge >= 0.3 is 0 Å². The molecule has 0 amide bonds. The number of hydrogen-bond acceptors (Lipinski definition) is 3. The van der Waals surface area contributed by atoms with Crippen LogP contribution in [0.4, 0.5) is 0 Å². The monoisotopic (exact) mass is 165 g/mol. The molecule has 4 nitrogen and oxygen atoms in total. The zero-order chi connectivity index (χ0) is 7.68. The minimum Gasteiger partial charge on any atom is -0.279 e. The summed E-state index contributed by atoms with van der Waals surface area (Å²) in [5.41, 5.74) is 2.49. The molecule has 1 N–H and O–H groups in total. The topological polar surface area (TPSA) is 54.5 Å². The van der Waals surface area contributed by atoms with Crippen LogP contribution in [0.5, 0.6) is 0 Å². The molecule has 1 radical (unpaired) electrons. The van der Waals surface area contributed by atoms with Gasteiger partial charge in [0.15, 0.2) is 0 Å². The highest BCUT2D eigenvalue weighted by Gasteiger charge is 2.02. The summed E-state index contributed by atoms with van der Waals surface area (Å²) in [6.07, 6.45) is 3.15. The maximum Gasteiger partial charge on any atom is 0.129 e. The summed E-state index contributed by atoms with van der Waals surface area (Å²) in [6, 6.07) is 0. The predicted octanol–water partition coefficient (Wildman–Crippen LogP) is 1.05. The summed E-state index contributed by atoms with van der Waals surface area (Å²) in [5, 5.41) is 6.78. The van der Waals surface area contributed by atoms with Crippen LogP contribution in [0.25, 0.3) is 11.0 Å². The van der Waals surface area contributed by atoms with Gasteiger partial charge in [-0.2, -0.15) is 5.10 Å². The van der Waals surface area contributed by atoms with Gasteiger partial charge in [0.05, 0.1) is 11.9 Å². The minimum absolute atomic E-state index is 0.507. The minimum atomic E-state index is 0.507. The van der Waals surface area contributed by atoms with E-state index in [4.69, 9.17) is 12.6 Å². The normalized spacial score (nSPS) is 10.6. The lowest BCUT2D eigenvalue weighted by atomic mass is 10.4. The molecule has 0 aliphatic rings. The lowest BCUT2D eigenvalue weighted by Crippen LogP contribution is -1.80. The van der Waals surface area contributed by atoms with Crippen LogP contribution in [0.1, 0.15) is 5.69 Å². The Kier molecular flexibility index (Phi) is 1.50. The summed E-state index contributed by atoms with van der Waals surface area (Å²) in [4.78, 5) is 7.87. The molecular weight excluding hydrogens is 160 g/mol. The molecule has 0 aliphatic carbocycles. The quantitative estimate of drug-likeness (QED) is 0.687. The fraction of sp³-hybridized carbons (Fsp3) is 0.167. The van der Waals surface area contributed by atoms with Crippen LogP contribution >= 0.6 is 12.6 Å². The molecule has 0 aromatic carbocycles. The molecule has 0 fully saturated rings. The van der Waals surface area contributed by atoms with Crippen molar-refractivity contribution in [3.8, 4) is 0 Å². The van der Waals surface area contributed by atoms with Gasteiger partial charge in [-0.15, -0.1) is 0 Å². The zero-order valence-electron chi connectivity index (χ0n) is 5.61. The van der Waals surface area contributed by atoms with Crippen LogP contribution in [0, 0.1) is 0 Å². The van der Waals surface area contributed by atoms with Crippen molar-refractivity contribution >= 4 is 23.7 Å². The Labute approximate surface area is 68.5 Å². The Morgan fingerprint density at radius 3 is 3.27 bits per heavy atom. The van der Waals surface area contributed by atoms with E-state index >= 15 is 0 Å². The van der Waals surface area contributed by atoms with Crippen molar-refractivity contribution in [2.45, 2.75) is 5.75 Å². The summed E-state index contributed by atoms with van der Waals surface area (Å²) < 4.78 is 0. The van der Waals surface area contributed by atoms with Crippen molar-refractivity contribution in [2.24, 2.45) is 0 Å². The molecule has 0 bridgehead atoms. The SMILES string of the molecule is [S]Cc1[nH]nc2cncnc12. The Bertz CT molecular complexity index is 369. The van der Waals surface area contributed by atoms with Crippen molar-refractivity contribution in [2.75, 3.05) is 0 Å². The molecule has 2 aromatic heterocycles. The summed E-state index contributed by atoms with van der Waals surface area (Å²) in [6.45, 7) is 0. The van der Waals surface area contributed by atoms with E-state index in [0.29, 0.717) is 5.75 Å². The van der Waals surface area contributed by atoms with Crippen molar-refractivity contribution < 1.29 is 0 Å². The maximum absolute atomic E-state index is 4.87. The lowest BCUT2D eigenvalue weighted by Gasteiger charge is -1.86. The second-order valence-electron chi connectivity index (χ2n) is 2.10. The third-order valence-corrected chi connectivity index (χ3v) is 1.72. The number of nitrogens with one attached hydrogen (secondary N) is 1. The van der Waals surface area contributed by atoms with Gasteiger partial charge in [0.25, 0.3) is 0 Å². The van der Waals surface area contributed by atoms with Crippen molar-refractivity contribution in [1.82, 2.24) is 20.2 Å². The second kappa shape index (κ2) is 2.50. The van der Waals surface area contributed by atoms with Gasteiger partial charge in [0.1, 0.15) is 17.4 Å². The number of nitrogens with zero attached hydrogens (tertiary/aromatic N) is 3. The van der Waals surface area contributed by atoms with Crippen LogP contribution in [0.3, 0.4) is 0 Å². The molecule has 0 unspecified atom stereocenters. The molecule has 2 aromatic rings. The average molecular weight is 165 g/mol. The molecule has 0 atom stereocenters.